The van der Waals surface area contributed by atoms with E-state index >= 15 is 0 Å². The highest BCUT2D eigenvalue weighted by atomic mass is 32.1. The number of anilines is 2. The predicted molar refractivity (Wildman–Crippen MR) is 96.2 cm³/mol. The molecule has 0 amide bonds. The number of hydrogen-bond donors (Lipinski definition) is 1. The van der Waals surface area contributed by atoms with E-state index in [9.17, 15) is 5.21 Å². The minimum Gasteiger partial charge on any atom is -0.283 e. The minimum atomic E-state index is -1.56. The van der Waals surface area contributed by atoms with Gasteiger partial charge in [-0.25, -0.2) is 5.06 Å². The molecule has 116 valence electrons. The monoisotopic (exact) mass is 330 g/mol. The zero-order valence-electron chi connectivity index (χ0n) is 13.7. The molecule has 1 heterocycles. The van der Waals surface area contributed by atoms with Crippen LogP contribution in [0.4, 0.5) is 11.4 Å². The summed E-state index contributed by atoms with van der Waals surface area (Å²) in [6, 6.07) is 11.9. The lowest BCUT2D eigenvalue weighted by Crippen LogP contribution is -2.49. The topological polar surface area (TPSA) is 47.3 Å². The molecule has 1 aromatic carbocycles. The fourth-order valence-corrected chi connectivity index (χ4v) is 4.62. The van der Waals surface area contributed by atoms with Crippen molar-refractivity contribution in [3.8, 4) is 6.07 Å². The van der Waals surface area contributed by atoms with E-state index in [1.165, 1.54) is 16.5 Å². The van der Waals surface area contributed by atoms with E-state index in [1.54, 1.807) is 11.4 Å². The average Bonchev–Trinajstić information content (AvgIpc) is 2.94. The molecular weight excluding hydrogens is 308 g/mol. The van der Waals surface area contributed by atoms with Crippen LogP contribution in [0.3, 0.4) is 0 Å². The summed E-state index contributed by atoms with van der Waals surface area (Å²) in [7, 11) is -1.56. The quantitative estimate of drug-likeness (QED) is 0.645. The molecule has 22 heavy (non-hydrogen) atoms. The molecule has 1 N–H and O–H groups in total. The molecule has 0 saturated carbocycles. The van der Waals surface area contributed by atoms with Crippen molar-refractivity contribution in [2.75, 3.05) is 5.06 Å². The molecule has 3 nitrogen and oxygen atoms in total. The summed E-state index contributed by atoms with van der Waals surface area (Å²) in [6.45, 7) is 11.6. The van der Waals surface area contributed by atoms with Gasteiger partial charge in [0, 0.05) is 5.38 Å². The summed E-state index contributed by atoms with van der Waals surface area (Å²) in [5, 5.41) is 23.7. The first-order valence-corrected chi connectivity index (χ1v) is 11.1. The Kier molecular flexibility index (Phi) is 4.48. The van der Waals surface area contributed by atoms with Crippen molar-refractivity contribution in [3.05, 3.63) is 40.6 Å². The highest BCUT2D eigenvalue weighted by molar-refractivity contribution is 7.11. The Labute approximate surface area is 137 Å². The van der Waals surface area contributed by atoms with Gasteiger partial charge < -0.3 is 0 Å². The molecule has 0 bridgehead atoms. The Morgan fingerprint density at radius 1 is 1.14 bits per heavy atom. The Morgan fingerprint density at radius 2 is 1.73 bits per heavy atom. The van der Waals surface area contributed by atoms with Crippen molar-refractivity contribution >= 4 is 36.0 Å². The van der Waals surface area contributed by atoms with Crippen LogP contribution in [0.2, 0.25) is 18.1 Å². The smallest absolute Gasteiger partial charge is 0.110 e. The summed E-state index contributed by atoms with van der Waals surface area (Å²) in [6.07, 6.45) is 0. The maximum absolute atomic E-state index is 10.3. The van der Waals surface area contributed by atoms with Crippen LogP contribution in [0.1, 0.15) is 25.6 Å². The maximum Gasteiger partial charge on any atom is 0.110 e. The van der Waals surface area contributed by atoms with Gasteiger partial charge in [-0.15, -0.1) is 11.3 Å². The van der Waals surface area contributed by atoms with Crippen LogP contribution in [0.5, 0.6) is 0 Å². The number of nitrogens with zero attached hydrogens (tertiary/aromatic N) is 2. The Balaban J connectivity index is 2.27. The molecule has 2 aromatic rings. The summed E-state index contributed by atoms with van der Waals surface area (Å²) in [4.78, 5) is 0.590. The highest BCUT2D eigenvalue weighted by Gasteiger charge is 2.36. The van der Waals surface area contributed by atoms with Gasteiger partial charge in [-0.2, -0.15) is 5.26 Å². The number of hydrogen-bond acceptors (Lipinski definition) is 4. The van der Waals surface area contributed by atoms with Gasteiger partial charge in [-0.05, 0) is 23.2 Å². The Morgan fingerprint density at radius 3 is 2.18 bits per heavy atom. The first-order chi connectivity index (χ1) is 10.2. The standard InChI is InChI=1S/C17H22N2OSSi/c1-17(2,3)22(4,5)16-8-6-13(7-9-16)19(20)14-10-15(11-18)21-12-14/h6-10,12,20H,1-5H3. The van der Waals surface area contributed by atoms with Crippen LogP contribution in [0.25, 0.3) is 0 Å². The number of thiophene rings is 1. The molecule has 0 atom stereocenters. The van der Waals surface area contributed by atoms with Crippen LogP contribution in [0.15, 0.2) is 35.7 Å². The highest BCUT2D eigenvalue weighted by Crippen LogP contribution is 2.36. The molecule has 0 radical (unpaired) electrons. The van der Waals surface area contributed by atoms with Crippen LogP contribution in [-0.4, -0.2) is 13.3 Å². The third kappa shape index (κ3) is 3.09. The van der Waals surface area contributed by atoms with Gasteiger partial charge in [-0.3, -0.25) is 5.21 Å². The van der Waals surface area contributed by atoms with Crippen molar-refractivity contribution in [1.29, 1.82) is 5.26 Å². The van der Waals surface area contributed by atoms with Crippen LogP contribution < -0.4 is 10.2 Å². The first kappa shape index (κ1) is 16.8. The SMILES string of the molecule is CC(C)(C)[Si](C)(C)c1ccc(N(O)c2csc(C#N)c2)cc1. The van der Waals surface area contributed by atoms with Crippen molar-refractivity contribution in [1.82, 2.24) is 0 Å². The zero-order chi connectivity index (χ0) is 16.5. The normalized spacial score (nSPS) is 12.0. The van der Waals surface area contributed by atoms with Crippen LogP contribution in [-0.2, 0) is 0 Å². The van der Waals surface area contributed by atoms with E-state index in [-0.39, 0.29) is 5.04 Å². The van der Waals surface area contributed by atoms with Gasteiger partial charge in [-0.1, -0.05) is 51.2 Å². The van der Waals surface area contributed by atoms with Crippen molar-refractivity contribution < 1.29 is 5.21 Å². The molecule has 0 unspecified atom stereocenters. The summed E-state index contributed by atoms with van der Waals surface area (Å²) in [5.41, 5.74) is 1.34. The average molecular weight is 331 g/mol. The van der Waals surface area contributed by atoms with Gasteiger partial charge in [0.05, 0.1) is 19.4 Å². The molecule has 0 spiro atoms. The van der Waals surface area contributed by atoms with E-state index < -0.39 is 8.07 Å². The summed E-state index contributed by atoms with van der Waals surface area (Å²) in [5.74, 6) is 0. The first-order valence-electron chi connectivity index (χ1n) is 7.25. The second-order valence-electron chi connectivity index (χ2n) is 7.01. The fraction of sp³-hybridized carbons (Fsp3) is 0.353. The van der Waals surface area contributed by atoms with E-state index in [2.05, 4.69) is 52.1 Å². The lowest BCUT2D eigenvalue weighted by molar-refractivity contribution is 0.301. The number of benzene rings is 1. The van der Waals surface area contributed by atoms with E-state index in [0.717, 1.165) is 5.06 Å². The van der Waals surface area contributed by atoms with E-state index in [0.29, 0.717) is 16.3 Å². The van der Waals surface area contributed by atoms with Crippen molar-refractivity contribution in [2.24, 2.45) is 0 Å². The van der Waals surface area contributed by atoms with E-state index in [1.807, 2.05) is 12.1 Å². The summed E-state index contributed by atoms with van der Waals surface area (Å²) < 4.78 is 0. The fourth-order valence-electron chi connectivity index (χ4n) is 2.10. The zero-order valence-corrected chi connectivity index (χ0v) is 15.5. The molecule has 0 saturated heterocycles. The molecule has 1 aromatic heterocycles. The van der Waals surface area contributed by atoms with Crippen LogP contribution in [0, 0.1) is 11.3 Å². The Hall–Kier alpha value is -1.61. The molecule has 2 rings (SSSR count). The van der Waals surface area contributed by atoms with Gasteiger partial charge in [0.2, 0.25) is 0 Å². The van der Waals surface area contributed by atoms with E-state index in [4.69, 9.17) is 5.26 Å². The molecular formula is C17H22N2OSSi. The molecule has 5 heteroatoms. The lowest BCUT2D eigenvalue weighted by atomic mass is 10.2. The molecule has 0 aliphatic heterocycles. The Bertz CT molecular complexity index is 693. The lowest BCUT2D eigenvalue weighted by Gasteiger charge is -2.37. The largest absolute Gasteiger partial charge is 0.283 e. The molecule has 0 aliphatic carbocycles. The van der Waals surface area contributed by atoms with Gasteiger partial charge in [0.15, 0.2) is 0 Å². The number of nitriles is 1. The molecule has 0 fully saturated rings. The van der Waals surface area contributed by atoms with Gasteiger partial charge >= 0.3 is 0 Å². The predicted octanol–water partition coefficient (Wildman–Crippen LogP) is 4.86. The third-order valence-corrected chi connectivity index (χ3v) is 11.0. The van der Waals surface area contributed by atoms with Crippen molar-refractivity contribution in [3.63, 3.8) is 0 Å². The second-order valence-corrected chi connectivity index (χ2v) is 13.3. The van der Waals surface area contributed by atoms with Crippen LogP contribution >= 0.6 is 11.3 Å². The van der Waals surface area contributed by atoms with Crippen molar-refractivity contribution in [2.45, 2.75) is 38.9 Å². The number of rotatable bonds is 3. The molecule has 0 aliphatic rings. The maximum atomic E-state index is 10.3. The third-order valence-electron chi connectivity index (χ3n) is 4.65. The second kappa shape index (κ2) is 5.88. The van der Waals surface area contributed by atoms with Gasteiger partial charge in [0.1, 0.15) is 10.9 Å². The minimum absolute atomic E-state index is 0.280. The summed E-state index contributed by atoms with van der Waals surface area (Å²) >= 11 is 1.33. The van der Waals surface area contributed by atoms with Gasteiger partial charge in [0.25, 0.3) is 0 Å².